The third-order valence-electron chi connectivity index (χ3n) is 5.19. The van der Waals surface area contributed by atoms with Crippen LogP contribution in [0, 0.1) is 23.2 Å². The maximum Gasteiger partial charge on any atom is 0.224 e. The Morgan fingerprint density at radius 3 is 2.66 bits per heavy atom. The molecule has 0 spiro atoms. The molecule has 1 amide bonds. The molecule has 1 heterocycles. The molecule has 0 bridgehead atoms. The van der Waals surface area contributed by atoms with Crippen LogP contribution in [-0.2, 0) is 20.4 Å². The molecule has 1 saturated carbocycles. The second-order valence-corrected chi connectivity index (χ2v) is 10.5. The molecule has 0 radical (unpaired) electrons. The van der Waals surface area contributed by atoms with E-state index in [-0.39, 0.29) is 23.3 Å². The number of carbonyl (C=O) groups is 1. The van der Waals surface area contributed by atoms with Gasteiger partial charge in [-0.25, -0.2) is 8.42 Å². The molecule has 1 aliphatic rings. The Hall–Kier alpha value is -2.24. The van der Waals surface area contributed by atoms with Gasteiger partial charge >= 0.3 is 0 Å². The van der Waals surface area contributed by atoms with E-state index in [1.54, 1.807) is 42.7 Å². The van der Waals surface area contributed by atoms with Crippen LogP contribution in [-0.4, -0.2) is 25.5 Å². The molecule has 3 unspecified atom stereocenters. The summed E-state index contributed by atoms with van der Waals surface area (Å²) in [6, 6.07) is 13.9. The minimum atomic E-state index is -3.66. The molecule has 8 heteroatoms. The lowest BCUT2D eigenvalue weighted by molar-refractivity contribution is -0.127. The summed E-state index contributed by atoms with van der Waals surface area (Å²) in [5.41, 5.74) is 0. The fraction of sp³-hybridized carbons (Fsp3) is 0.429. The summed E-state index contributed by atoms with van der Waals surface area (Å²) in [7, 11) is -3.66. The standard InChI is InChI=1S/C21H24N2O4S2/c22-12-13-23-20(24)18-10-4-5-11-19(18)21(28-15-16-7-6-14-27-16)29(25,26)17-8-2-1-3-9-17/h1-3,6-9,14,18-19,21H,4-5,10-11,13,15H2,(H,23,24). The fourth-order valence-corrected chi connectivity index (χ4v) is 7.73. The van der Waals surface area contributed by atoms with Crippen molar-refractivity contribution in [2.75, 3.05) is 6.54 Å². The van der Waals surface area contributed by atoms with Crippen molar-refractivity contribution in [2.24, 2.45) is 11.8 Å². The predicted molar refractivity (Wildman–Crippen MR) is 111 cm³/mol. The van der Waals surface area contributed by atoms with Crippen molar-refractivity contribution < 1.29 is 17.6 Å². The van der Waals surface area contributed by atoms with E-state index in [0.29, 0.717) is 24.4 Å². The molecule has 1 N–H and O–H groups in total. The van der Waals surface area contributed by atoms with Gasteiger partial charge in [0.15, 0.2) is 9.84 Å². The maximum atomic E-state index is 13.5. The number of amides is 1. The van der Waals surface area contributed by atoms with Crippen molar-refractivity contribution >= 4 is 27.5 Å². The Morgan fingerprint density at radius 2 is 1.97 bits per heavy atom. The van der Waals surface area contributed by atoms with Crippen molar-refractivity contribution in [1.82, 2.24) is 5.32 Å². The molecule has 1 fully saturated rings. The van der Waals surface area contributed by atoms with Crippen LogP contribution >= 0.6 is 11.8 Å². The predicted octanol–water partition coefficient (Wildman–Crippen LogP) is 3.76. The van der Waals surface area contributed by atoms with Crippen LogP contribution in [0.1, 0.15) is 31.4 Å². The first-order valence-corrected chi connectivity index (χ1v) is 12.2. The number of hydrogen-bond acceptors (Lipinski definition) is 6. The third kappa shape index (κ3) is 5.22. The lowest BCUT2D eigenvalue weighted by Gasteiger charge is -2.35. The molecule has 1 aromatic heterocycles. The van der Waals surface area contributed by atoms with Gasteiger partial charge in [0.2, 0.25) is 5.91 Å². The zero-order valence-corrected chi connectivity index (χ0v) is 17.6. The first-order chi connectivity index (χ1) is 14.0. The molecular formula is C21H24N2O4S2. The lowest BCUT2D eigenvalue weighted by Crippen LogP contribution is -2.42. The number of benzene rings is 1. The van der Waals surface area contributed by atoms with Crippen molar-refractivity contribution in [1.29, 1.82) is 5.26 Å². The third-order valence-corrected chi connectivity index (χ3v) is 9.38. The topological polar surface area (TPSA) is 100 Å². The quantitative estimate of drug-likeness (QED) is 0.638. The largest absolute Gasteiger partial charge is 0.468 e. The van der Waals surface area contributed by atoms with E-state index < -0.39 is 20.3 Å². The number of sulfone groups is 1. The molecule has 6 nitrogen and oxygen atoms in total. The van der Waals surface area contributed by atoms with Gasteiger partial charge in [0, 0.05) is 5.92 Å². The zero-order chi connectivity index (χ0) is 20.7. The van der Waals surface area contributed by atoms with Crippen molar-refractivity contribution in [3.63, 3.8) is 0 Å². The van der Waals surface area contributed by atoms with E-state index in [9.17, 15) is 13.2 Å². The molecule has 29 heavy (non-hydrogen) atoms. The monoisotopic (exact) mass is 432 g/mol. The summed E-state index contributed by atoms with van der Waals surface area (Å²) in [6.07, 6.45) is 4.61. The Bertz CT molecular complexity index is 937. The maximum absolute atomic E-state index is 13.5. The van der Waals surface area contributed by atoms with Gasteiger partial charge in [-0.2, -0.15) is 5.26 Å². The van der Waals surface area contributed by atoms with Gasteiger partial charge in [-0.05, 0) is 43.0 Å². The van der Waals surface area contributed by atoms with Crippen LogP contribution in [0.2, 0.25) is 0 Å². The average Bonchev–Trinajstić information content (AvgIpc) is 3.26. The summed E-state index contributed by atoms with van der Waals surface area (Å²) in [5, 5.41) is 11.4. The van der Waals surface area contributed by atoms with Crippen molar-refractivity contribution in [2.45, 2.75) is 40.9 Å². The van der Waals surface area contributed by atoms with E-state index in [1.807, 2.05) is 12.1 Å². The van der Waals surface area contributed by atoms with Crippen LogP contribution in [0.5, 0.6) is 0 Å². The van der Waals surface area contributed by atoms with Gasteiger partial charge in [0.05, 0.1) is 23.0 Å². The first-order valence-electron chi connectivity index (χ1n) is 9.61. The minimum absolute atomic E-state index is 0.0717. The number of hydrogen-bond donors (Lipinski definition) is 1. The van der Waals surface area contributed by atoms with E-state index in [0.717, 1.165) is 12.8 Å². The molecule has 3 rings (SSSR count). The summed E-state index contributed by atoms with van der Waals surface area (Å²) in [5.74, 6) is 0.122. The number of nitrogens with one attached hydrogen (secondary N) is 1. The van der Waals surface area contributed by atoms with Crippen LogP contribution < -0.4 is 5.32 Å². The Morgan fingerprint density at radius 1 is 1.21 bits per heavy atom. The summed E-state index contributed by atoms with van der Waals surface area (Å²) in [6.45, 7) is -0.0717. The second-order valence-electron chi connectivity index (χ2n) is 7.05. The van der Waals surface area contributed by atoms with Crippen molar-refractivity contribution in [3.8, 4) is 6.07 Å². The van der Waals surface area contributed by atoms with Crippen molar-refractivity contribution in [3.05, 3.63) is 54.5 Å². The van der Waals surface area contributed by atoms with E-state index in [4.69, 9.17) is 9.68 Å². The van der Waals surface area contributed by atoms with E-state index in [1.165, 1.54) is 11.8 Å². The SMILES string of the molecule is N#CCNC(=O)C1CCCCC1C(SCc1ccco1)S(=O)(=O)c1ccccc1. The van der Waals surface area contributed by atoms with Gasteiger partial charge in [-0.15, -0.1) is 11.8 Å². The van der Waals surface area contributed by atoms with Crippen LogP contribution in [0.4, 0.5) is 0 Å². The van der Waals surface area contributed by atoms with Crippen LogP contribution in [0.25, 0.3) is 0 Å². The van der Waals surface area contributed by atoms with E-state index in [2.05, 4.69) is 5.32 Å². The van der Waals surface area contributed by atoms with Gasteiger partial charge < -0.3 is 9.73 Å². The molecule has 1 aromatic carbocycles. The highest BCUT2D eigenvalue weighted by molar-refractivity contribution is 8.13. The van der Waals surface area contributed by atoms with Gasteiger partial charge in [-0.1, -0.05) is 31.0 Å². The van der Waals surface area contributed by atoms with Crippen LogP contribution in [0.15, 0.2) is 58.0 Å². The Balaban J connectivity index is 1.92. The summed E-state index contributed by atoms with van der Waals surface area (Å²) < 4.78 is 31.7. The number of thioether (sulfide) groups is 1. The Kier molecular flexibility index (Phi) is 7.40. The minimum Gasteiger partial charge on any atom is -0.468 e. The normalized spacial score (nSPS) is 20.5. The zero-order valence-electron chi connectivity index (χ0n) is 16.0. The molecule has 154 valence electrons. The number of nitriles is 1. The highest BCUT2D eigenvalue weighted by atomic mass is 32.3. The van der Waals surface area contributed by atoms with Gasteiger partial charge in [0.1, 0.15) is 16.9 Å². The molecule has 3 atom stereocenters. The highest BCUT2D eigenvalue weighted by Crippen LogP contribution is 2.42. The molecule has 1 aliphatic carbocycles. The molecule has 2 aromatic rings. The Labute approximate surface area is 175 Å². The second kappa shape index (κ2) is 9.99. The molecule has 0 saturated heterocycles. The van der Waals surface area contributed by atoms with Crippen LogP contribution in [0.3, 0.4) is 0 Å². The number of carbonyl (C=O) groups excluding carboxylic acids is 1. The number of furan rings is 1. The van der Waals surface area contributed by atoms with E-state index >= 15 is 0 Å². The number of nitrogens with zero attached hydrogens (tertiary/aromatic N) is 1. The highest BCUT2D eigenvalue weighted by Gasteiger charge is 2.43. The smallest absolute Gasteiger partial charge is 0.224 e. The molecule has 0 aliphatic heterocycles. The molecular weight excluding hydrogens is 408 g/mol. The summed E-state index contributed by atoms with van der Waals surface area (Å²) >= 11 is 1.31. The average molecular weight is 433 g/mol. The summed E-state index contributed by atoms with van der Waals surface area (Å²) in [4.78, 5) is 12.9. The van der Waals surface area contributed by atoms with Gasteiger partial charge in [-0.3, -0.25) is 4.79 Å². The number of rotatable bonds is 8. The van der Waals surface area contributed by atoms with Gasteiger partial charge in [0.25, 0.3) is 0 Å². The first kappa shape index (κ1) is 21.5. The fourth-order valence-electron chi connectivity index (χ4n) is 3.82. The lowest BCUT2D eigenvalue weighted by atomic mass is 9.79.